The van der Waals surface area contributed by atoms with Gasteiger partial charge >= 0.3 is 0 Å². The molecule has 2 amide bonds. The summed E-state index contributed by atoms with van der Waals surface area (Å²) in [5, 5.41) is 3.37. The van der Waals surface area contributed by atoms with Crippen LogP contribution in [-0.2, 0) is 22.6 Å². The van der Waals surface area contributed by atoms with Crippen LogP contribution < -0.4 is 5.32 Å². The predicted octanol–water partition coefficient (Wildman–Crippen LogP) is 2.95. The lowest BCUT2D eigenvalue weighted by Crippen LogP contribution is -2.62. The van der Waals surface area contributed by atoms with Gasteiger partial charge in [0.05, 0.1) is 6.04 Å². The molecule has 1 aromatic heterocycles. The third-order valence-electron chi connectivity index (χ3n) is 6.93. The van der Waals surface area contributed by atoms with Crippen molar-refractivity contribution in [3.05, 3.63) is 18.2 Å². The highest BCUT2D eigenvalue weighted by Crippen LogP contribution is 2.25. The molecule has 0 radical (unpaired) electrons. The standard InChI is InChI=1S/C25H43N5O2/c1-6-28-13-9-27-23(28)17-20-7-11-29(12-8-20)25(32)22(16-19(4)5)30-14-10-26-21(24(30)31)15-18(2)3/h9,13,18-22,26H,6-8,10-12,14-17H2,1-5H3/t21-,22-/m0/s1. The smallest absolute Gasteiger partial charge is 0.245 e. The third-order valence-corrected chi connectivity index (χ3v) is 6.93. The summed E-state index contributed by atoms with van der Waals surface area (Å²) in [4.78, 5) is 35.3. The Kier molecular flexibility index (Phi) is 8.74. The van der Waals surface area contributed by atoms with E-state index in [1.54, 1.807) is 0 Å². The molecule has 0 aromatic carbocycles. The van der Waals surface area contributed by atoms with Crippen molar-refractivity contribution in [2.75, 3.05) is 26.2 Å². The van der Waals surface area contributed by atoms with Crippen LogP contribution in [0.2, 0.25) is 0 Å². The number of aryl methyl sites for hydroxylation is 1. The van der Waals surface area contributed by atoms with Gasteiger partial charge in [-0.1, -0.05) is 27.7 Å². The van der Waals surface area contributed by atoms with E-state index < -0.39 is 0 Å². The van der Waals surface area contributed by atoms with Crippen LogP contribution in [0.4, 0.5) is 0 Å². The van der Waals surface area contributed by atoms with Crippen molar-refractivity contribution in [3.63, 3.8) is 0 Å². The van der Waals surface area contributed by atoms with Gasteiger partial charge < -0.3 is 19.7 Å². The number of carbonyl (C=O) groups is 2. The Labute approximate surface area is 193 Å². The number of aromatic nitrogens is 2. The molecular weight excluding hydrogens is 402 g/mol. The van der Waals surface area contributed by atoms with Crippen molar-refractivity contribution < 1.29 is 9.59 Å². The lowest BCUT2D eigenvalue weighted by Gasteiger charge is -2.42. The van der Waals surface area contributed by atoms with Gasteiger partial charge in [-0.25, -0.2) is 4.98 Å². The molecule has 0 saturated carbocycles. The Bertz CT molecular complexity index is 751. The van der Waals surface area contributed by atoms with Crippen molar-refractivity contribution in [2.45, 2.75) is 85.4 Å². The van der Waals surface area contributed by atoms with Gasteiger partial charge in [0, 0.05) is 51.5 Å². The van der Waals surface area contributed by atoms with Crippen molar-refractivity contribution in [3.8, 4) is 0 Å². The van der Waals surface area contributed by atoms with Crippen LogP contribution in [-0.4, -0.2) is 69.4 Å². The number of nitrogens with one attached hydrogen (secondary N) is 1. The van der Waals surface area contributed by atoms with Crippen LogP contribution in [0.25, 0.3) is 0 Å². The van der Waals surface area contributed by atoms with E-state index in [1.807, 2.05) is 22.2 Å². The van der Waals surface area contributed by atoms with Crippen LogP contribution >= 0.6 is 0 Å². The molecule has 32 heavy (non-hydrogen) atoms. The van der Waals surface area contributed by atoms with E-state index in [2.05, 4.69) is 49.5 Å². The van der Waals surface area contributed by atoms with Crippen molar-refractivity contribution >= 4 is 11.8 Å². The van der Waals surface area contributed by atoms with Gasteiger partial charge in [-0.3, -0.25) is 9.59 Å². The first-order chi connectivity index (χ1) is 15.3. The SMILES string of the molecule is CCn1ccnc1CC1CCN(C(=O)[C@H](CC(C)C)N2CCN[C@@H](CC(C)C)C2=O)CC1. The van der Waals surface area contributed by atoms with Crippen LogP contribution in [0, 0.1) is 17.8 Å². The van der Waals surface area contributed by atoms with Crippen LogP contribution in [0.15, 0.2) is 12.4 Å². The number of nitrogens with zero attached hydrogens (tertiary/aromatic N) is 4. The monoisotopic (exact) mass is 445 g/mol. The van der Waals surface area contributed by atoms with E-state index in [1.165, 1.54) is 0 Å². The number of carbonyl (C=O) groups excluding carboxylic acids is 2. The number of imidazole rings is 1. The molecule has 3 rings (SSSR count). The van der Waals surface area contributed by atoms with Crippen molar-refractivity contribution in [2.24, 2.45) is 17.8 Å². The maximum absolute atomic E-state index is 13.6. The average Bonchev–Trinajstić information content (AvgIpc) is 3.20. The predicted molar refractivity (Wildman–Crippen MR) is 127 cm³/mol. The fourth-order valence-corrected chi connectivity index (χ4v) is 5.17. The molecule has 2 aliphatic rings. The summed E-state index contributed by atoms with van der Waals surface area (Å²) in [6.45, 7) is 14.6. The number of hydrogen-bond acceptors (Lipinski definition) is 4. The quantitative estimate of drug-likeness (QED) is 0.634. The van der Waals surface area contributed by atoms with Crippen molar-refractivity contribution in [1.82, 2.24) is 24.7 Å². The molecule has 0 bridgehead atoms. The minimum absolute atomic E-state index is 0.102. The second-order valence-corrected chi connectivity index (χ2v) is 10.4. The minimum Gasteiger partial charge on any atom is -0.341 e. The van der Waals surface area contributed by atoms with Gasteiger partial charge in [0.25, 0.3) is 0 Å². The molecule has 2 aliphatic heterocycles. The third kappa shape index (κ3) is 6.12. The first-order valence-electron chi connectivity index (χ1n) is 12.6. The Balaban J connectivity index is 1.63. The van der Waals surface area contributed by atoms with Gasteiger partial charge in [-0.2, -0.15) is 0 Å². The van der Waals surface area contributed by atoms with E-state index in [9.17, 15) is 9.59 Å². The Morgan fingerprint density at radius 2 is 1.88 bits per heavy atom. The second kappa shape index (κ2) is 11.3. The minimum atomic E-state index is -0.338. The number of piperazine rings is 1. The van der Waals surface area contributed by atoms with E-state index >= 15 is 0 Å². The van der Waals surface area contributed by atoms with E-state index in [4.69, 9.17) is 0 Å². The number of piperidine rings is 1. The zero-order valence-electron chi connectivity index (χ0n) is 20.7. The zero-order chi connectivity index (χ0) is 23.3. The summed E-state index contributed by atoms with van der Waals surface area (Å²) in [7, 11) is 0. The van der Waals surface area contributed by atoms with Crippen LogP contribution in [0.5, 0.6) is 0 Å². The summed E-state index contributed by atoms with van der Waals surface area (Å²) in [5.74, 6) is 2.76. The second-order valence-electron chi connectivity index (χ2n) is 10.4. The topological polar surface area (TPSA) is 70.5 Å². The number of rotatable bonds is 9. The number of likely N-dealkylation sites (tertiary alicyclic amines) is 1. The number of amides is 2. The highest BCUT2D eigenvalue weighted by Gasteiger charge is 2.39. The molecule has 180 valence electrons. The summed E-state index contributed by atoms with van der Waals surface area (Å²) in [6.07, 6.45) is 8.45. The molecule has 3 heterocycles. The fourth-order valence-electron chi connectivity index (χ4n) is 5.17. The molecule has 0 unspecified atom stereocenters. The lowest BCUT2D eigenvalue weighted by atomic mass is 9.91. The molecule has 7 nitrogen and oxygen atoms in total. The molecule has 0 aliphatic carbocycles. The first kappa shape index (κ1) is 24.7. The highest BCUT2D eigenvalue weighted by atomic mass is 16.2. The number of hydrogen-bond donors (Lipinski definition) is 1. The highest BCUT2D eigenvalue weighted by molar-refractivity contribution is 5.90. The lowest BCUT2D eigenvalue weighted by molar-refractivity contribution is -0.150. The first-order valence-corrected chi connectivity index (χ1v) is 12.6. The Morgan fingerprint density at radius 1 is 1.16 bits per heavy atom. The summed E-state index contributed by atoms with van der Waals surface area (Å²) in [6, 6.07) is -0.506. The summed E-state index contributed by atoms with van der Waals surface area (Å²) in [5.41, 5.74) is 0. The normalized spacial score (nSPS) is 21.6. The van der Waals surface area contributed by atoms with Gasteiger partial charge in [0.2, 0.25) is 11.8 Å². The largest absolute Gasteiger partial charge is 0.341 e. The molecule has 1 N–H and O–H groups in total. The van der Waals surface area contributed by atoms with Crippen LogP contribution in [0.1, 0.15) is 66.1 Å². The molecule has 2 saturated heterocycles. The molecule has 7 heteroatoms. The van der Waals surface area contributed by atoms with Gasteiger partial charge in [0.1, 0.15) is 11.9 Å². The van der Waals surface area contributed by atoms with Crippen LogP contribution in [0.3, 0.4) is 0 Å². The maximum Gasteiger partial charge on any atom is 0.245 e. The molecule has 2 fully saturated rings. The van der Waals surface area contributed by atoms with Gasteiger partial charge in [-0.15, -0.1) is 0 Å². The fraction of sp³-hybridized carbons (Fsp3) is 0.800. The molecule has 1 aromatic rings. The van der Waals surface area contributed by atoms with Gasteiger partial charge in [0.15, 0.2) is 0 Å². The molecule has 2 atom stereocenters. The zero-order valence-corrected chi connectivity index (χ0v) is 20.7. The molecular formula is C25H43N5O2. The van der Waals surface area contributed by atoms with E-state index in [-0.39, 0.29) is 23.9 Å². The average molecular weight is 446 g/mol. The summed E-state index contributed by atoms with van der Waals surface area (Å²) < 4.78 is 2.21. The van der Waals surface area contributed by atoms with Crippen molar-refractivity contribution in [1.29, 1.82) is 0 Å². The molecule has 0 spiro atoms. The maximum atomic E-state index is 13.6. The Hall–Kier alpha value is -1.89. The van der Waals surface area contributed by atoms with E-state index in [0.717, 1.165) is 64.1 Å². The summed E-state index contributed by atoms with van der Waals surface area (Å²) >= 11 is 0. The van der Waals surface area contributed by atoms with E-state index in [0.29, 0.717) is 24.3 Å². The Morgan fingerprint density at radius 3 is 2.50 bits per heavy atom. The van der Waals surface area contributed by atoms with Gasteiger partial charge in [-0.05, 0) is 50.4 Å².